The van der Waals surface area contributed by atoms with Gasteiger partial charge in [0.1, 0.15) is 0 Å². The van der Waals surface area contributed by atoms with Gasteiger partial charge < -0.3 is 5.11 Å². The van der Waals surface area contributed by atoms with Crippen molar-refractivity contribution in [3.05, 3.63) is 4.91 Å². The molecule has 72 valence electrons. The lowest BCUT2D eigenvalue weighted by atomic mass is 10.0. The van der Waals surface area contributed by atoms with Crippen LogP contribution in [0.25, 0.3) is 0 Å². The molecule has 0 aliphatic carbocycles. The summed E-state index contributed by atoms with van der Waals surface area (Å²) in [6, 6.07) is -0.0472. The fourth-order valence-corrected chi connectivity index (χ4v) is 1.12. The maximum absolute atomic E-state index is 10.2. The highest BCUT2D eigenvalue weighted by Gasteiger charge is 2.06. The fraction of sp³-hybridized carbons (Fsp3) is 1.00. The number of aliphatic hydroxyl groups is 1. The Kier molecular flexibility index (Phi) is 6.96. The first-order valence-electron chi connectivity index (χ1n) is 4.75. The van der Waals surface area contributed by atoms with Crippen molar-refractivity contribution in [2.45, 2.75) is 58.1 Å². The Hall–Kier alpha value is -0.440. The van der Waals surface area contributed by atoms with Crippen LogP contribution < -0.4 is 0 Å². The van der Waals surface area contributed by atoms with Gasteiger partial charge in [0.05, 0.1) is 12.1 Å². The number of nitrogens with zero attached hydrogens (tertiary/aromatic N) is 1. The van der Waals surface area contributed by atoms with Crippen LogP contribution in [0, 0.1) is 4.91 Å². The number of aliphatic hydroxyl groups excluding tert-OH is 1. The predicted molar refractivity (Wildman–Crippen MR) is 50.0 cm³/mol. The number of hydrogen-bond donors (Lipinski definition) is 1. The molecule has 0 aromatic carbocycles. The van der Waals surface area contributed by atoms with E-state index in [2.05, 4.69) is 5.18 Å². The lowest BCUT2D eigenvalue weighted by Crippen LogP contribution is -2.07. The first-order chi connectivity index (χ1) is 5.74. The second-order valence-electron chi connectivity index (χ2n) is 3.16. The average Bonchev–Trinajstić information content (AvgIpc) is 2.12. The highest BCUT2D eigenvalue weighted by atomic mass is 16.3. The predicted octanol–water partition coefficient (Wildman–Crippen LogP) is 2.47. The third kappa shape index (κ3) is 5.24. The molecule has 1 N–H and O–H groups in total. The second kappa shape index (κ2) is 7.22. The molecule has 0 aromatic rings. The summed E-state index contributed by atoms with van der Waals surface area (Å²) in [7, 11) is 0. The van der Waals surface area contributed by atoms with E-state index in [9.17, 15) is 10.0 Å². The van der Waals surface area contributed by atoms with Gasteiger partial charge in [0.15, 0.2) is 0 Å². The van der Waals surface area contributed by atoms with Crippen LogP contribution in [0.2, 0.25) is 0 Å². The lowest BCUT2D eigenvalue weighted by Gasteiger charge is -2.08. The van der Waals surface area contributed by atoms with Gasteiger partial charge in [-0.1, -0.05) is 19.0 Å². The molecule has 3 nitrogen and oxygen atoms in total. The Morgan fingerprint density at radius 1 is 1.25 bits per heavy atom. The number of rotatable bonds is 7. The Morgan fingerprint density at radius 3 is 2.33 bits per heavy atom. The SMILES string of the molecule is CCC(O)CCCC(CC)N=O. The maximum Gasteiger partial charge on any atom is 0.0917 e. The van der Waals surface area contributed by atoms with Crippen molar-refractivity contribution in [2.75, 3.05) is 0 Å². The molecule has 12 heavy (non-hydrogen) atoms. The van der Waals surface area contributed by atoms with Crippen molar-refractivity contribution in [3.63, 3.8) is 0 Å². The highest BCUT2D eigenvalue weighted by molar-refractivity contribution is 4.64. The van der Waals surface area contributed by atoms with E-state index in [1.54, 1.807) is 0 Å². The summed E-state index contributed by atoms with van der Waals surface area (Å²) in [5.74, 6) is 0. The summed E-state index contributed by atoms with van der Waals surface area (Å²) in [5, 5.41) is 12.2. The van der Waals surface area contributed by atoms with Gasteiger partial charge in [0, 0.05) is 0 Å². The van der Waals surface area contributed by atoms with Crippen LogP contribution in [0.3, 0.4) is 0 Å². The van der Waals surface area contributed by atoms with Gasteiger partial charge >= 0.3 is 0 Å². The van der Waals surface area contributed by atoms with E-state index in [0.717, 1.165) is 32.1 Å². The Balaban J connectivity index is 3.34. The van der Waals surface area contributed by atoms with Crippen LogP contribution in [0.4, 0.5) is 0 Å². The lowest BCUT2D eigenvalue weighted by molar-refractivity contribution is 0.156. The summed E-state index contributed by atoms with van der Waals surface area (Å²) < 4.78 is 0. The van der Waals surface area contributed by atoms with Crippen LogP contribution in [-0.4, -0.2) is 17.3 Å². The fourth-order valence-electron chi connectivity index (χ4n) is 1.12. The molecule has 0 amide bonds. The van der Waals surface area contributed by atoms with Crippen molar-refractivity contribution >= 4 is 0 Å². The molecule has 0 heterocycles. The molecule has 0 aliphatic heterocycles. The van der Waals surface area contributed by atoms with Crippen LogP contribution in [0.5, 0.6) is 0 Å². The third-order valence-electron chi connectivity index (χ3n) is 2.17. The highest BCUT2D eigenvalue weighted by Crippen LogP contribution is 2.10. The maximum atomic E-state index is 10.2. The van der Waals surface area contributed by atoms with E-state index in [1.807, 2.05) is 13.8 Å². The molecule has 0 fully saturated rings. The summed E-state index contributed by atoms with van der Waals surface area (Å²) in [5.41, 5.74) is 0. The summed E-state index contributed by atoms with van der Waals surface area (Å²) in [6.07, 6.45) is 3.92. The standard InChI is InChI=1S/C9H19NO2/c1-3-8(10-12)6-5-7-9(11)4-2/h8-9,11H,3-7H2,1-2H3. The van der Waals surface area contributed by atoms with Crippen LogP contribution in [0.1, 0.15) is 46.0 Å². The van der Waals surface area contributed by atoms with E-state index < -0.39 is 0 Å². The summed E-state index contributed by atoms with van der Waals surface area (Å²) in [6.45, 7) is 3.92. The molecule has 0 bridgehead atoms. The molecule has 0 radical (unpaired) electrons. The van der Waals surface area contributed by atoms with E-state index in [4.69, 9.17) is 0 Å². The van der Waals surface area contributed by atoms with Gasteiger partial charge in [-0.05, 0) is 32.1 Å². The van der Waals surface area contributed by atoms with Crippen LogP contribution in [0.15, 0.2) is 5.18 Å². The van der Waals surface area contributed by atoms with Crippen molar-refractivity contribution in [1.29, 1.82) is 0 Å². The molecule has 3 heteroatoms. The topological polar surface area (TPSA) is 49.7 Å². The minimum absolute atomic E-state index is 0.0472. The van der Waals surface area contributed by atoms with Crippen molar-refractivity contribution in [2.24, 2.45) is 5.18 Å². The summed E-state index contributed by atoms with van der Waals surface area (Å²) in [4.78, 5) is 10.2. The Labute approximate surface area is 74.1 Å². The molecule has 0 aliphatic rings. The summed E-state index contributed by atoms with van der Waals surface area (Å²) >= 11 is 0. The monoisotopic (exact) mass is 173 g/mol. The zero-order valence-electron chi connectivity index (χ0n) is 7.99. The zero-order chi connectivity index (χ0) is 9.40. The van der Waals surface area contributed by atoms with Crippen LogP contribution >= 0.6 is 0 Å². The van der Waals surface area contributed by atoms with Crippen molar-refractivity contribution in [3.8, 4) is 0 Å². The molecule has 2 atom stereocenters. The molecule has 2 unspecified atom stereocenters. The van der Waals surface area contributed by atoms with Gasteiger partial charge in [-0.25, -0.2) is 0 Å². The molecule has 0 aromatic heterocycles. The second-order valence-corrected chi connectivity index (χ2v) is 3.16. The quantitative estimate of drug-likeness (QED) is 0.601. The minimum Gasteiger partial charge on any atom is -0.393 e. The largest absolute Gasteiger partial charge is 0.393 e. The normalized spacial score (nSPS) is 15.6. The Bertz CT molecular complexity index is 117. The van der Waals surface area contributed by atoms with Gasteiger partial charge in [0.25, 0.3) is 0 Å². The van der Waals surface area contributed by atoms with Gasteiger partial charge in [-0.3, -0.25) is 0 Å². The van der Waals surface area contributed by atoms with E-state index in [0.29, 0.717) is 0 Å². The van der Waals surface area contributed by atoms with E-state index >= 15 is 0 Å². The third-order valence-corrected chi connectivity index (χ3v) is 2.17. The minimum atomic E-state index is -0.200. The molecule has 0 saturated heterocycles. The molecule has 0 rings (SSSR count). The van der Waals surface area contributed by atoms with E-state index in [-0.39, 0.29) is 12.1 Å². The van der Waals surface area contributed by atoms with Gasteiger partial charge in [0.2, 0.25) is 0 Å². The van der Waals surface area contributed by atoms with Gasteiger partial charge in [-0.2, -0.15) is 4.91 Å². The van der Waals surface area contributed by atoms with E-state index in [1.165, 1.54) is 0 Å². The van der Waals surface area contributed by atoms with Crippen molar-refractivity contribution in [1.82, 2.24) is 0 Å². The smallest absolute Gasteiger partial charge is 0.0917 e. The average molecular weight is 173 g/mol. The molecule has 0 spiro atoms. The molecular formula is C9H19NO2. The number of nitroso groups, excluding NO2 is 1. The first kappa shape index (κ1) is 11.6. The first-order valence-corrected chi connectivity index (χ1v) is 4.75. The molecule has 0 saturated carbocycles. The molecular weight excluding hydrogens is 154 g/mol. The van der Waals surface area contributed by atoms with Crippen molar-refractivity contribution < 1.29 is 5.11 Å². The number of hydrogen-bond acceptors (Lipinski definition) is 3. The van der Waals surface area contributed by atoms with Gasteiger partial charge in [-0.15, -0.1) is 0 Å². The van der Waals surface area contributed by atoms with Crippen LogP contribution in [-0.2, 0) is 0 Å². The zero-order valence-corrected chi connectivity index (χ0v) is 7.99. The Morgan fingerprint density at radius 2 is 1.92 bits per heavy atom.